The highest BCUT2D eigenvalue weighted by atomic mass is 19.5. The molecule has 0 fully saturated rings. The van der Waals surface area contributed by atoms with Crippen molar-refractivity contribution in [3.05, 3.63) is 18.3 Å². The number of aromatic nitrogens is 1. The van der Waals surface area contributed by atoms with E-state index in [4.69, 9.17) is 11.5 Å². The van der Waals surface area contributed by atoms with Crippen LogP contribution >= 0.6 is 0 Å². The minimum atomic E-state index is -6.00. The third kappa shape index (κ3) is 7.59. The van der Waals surface area contributed by atoms with Crippen molar-refractivity contribution < 1.29 is 21.8 Å². The molecule has 0 unspecified atom stereocenters. The molecular weight excluding hydrogens is 213 g/mol. The van der Waals surface area contributed by atoms with Crippen LogP contribution in [0.25, 0.3) is 0 Å². The summed E-state index contributed by atoms with van der Waals surface area (Å²) in [6, 6.07) is 3.59. The van der Waals surface area contributed by atoms with E-state index in [1.807, 2.05) is 23.8 Å². The van der Waals surface area contributed by atoms with Crippen molar-refractivity contribution in [1.82, 2.24) is 0 Å². The van der Waals surface area contributed by atoms with Crippen LogP contribution < -0.4 is 16.0 Å². The van der Waals surface area contributed by atoms with Gasteiger partial charge < -0.3 is 23.0 Å². The third-order valence-electron chi connectivity index (χ3n) is 1.43. The van der Waals surface area contributed by atoms with Crippen LogP contribution in [0, 0.1) is 0 Å². The molecule has 15 heavy (non-hydrogen) atoms. The van der Waals surface area contributed by atoms with Gasteiger partial charge >= 0.3 is 7.25 Å². The zero-order valence-corrected chi connectivity index (χ0v) is 8.13. The lowest BCUT2D eigenvalue weighted by Gasteiger charge is -1.98. The normalized spacial score (nSPS) is 10.5. The summed E-state index contributed by atoms with van der Waals surface area (Å²) in [7, 11) is -6.00. The van der Waals surface area contributed by atoms with Crippen LogP contribution in [-0.2, 0) is 6.54 Å². The van der Waals surface area contributed by atoms with Gasteiger partial charge in [0, 0.05) is 11.8 Å². The van der Waals surface area contributed by atoms with Gasteiger partial charge in [-0.15, -0.1) is 0 Å². The third-order valence-corrected chi connectivity index (χ3v) is 1.43. The molecule has 8 heteroatoms. The van der Waals surface area contributed by atoms with Crippen LogP contribution in [0.5, 0.6) is 0 Å². The van der Waals surface area contributed by atoms with Gasteiger partial charge in [0.2, 0.25) is 0 Å². The molecule has 0 aliphatic heterocycles. The molecule has 0 spiro atoms. The van der Waals surface area contributed by atoms with Crippen molar-refractivity contribution in [2.75, 3.05) is 11.5 Å². The molecule has 0 radical (unpaired) electrons. The highest BCUT2D eigenvalue weighted by Crippen LogP contribution is 2.06. The van der Waals surface area contributed by atoms with Gasteiger partial charge in [0.15, 0.2) is 0 Å². The van der Waals surface area contributed by atoms with E-state index in [1.165, 1.54) is 0 Å². The second-order valence-corrected chi connectivity index (χ2v) is 2.67. The van der Waals surface area contributed by atoms with Gasteiger partial charge in [-0.1, -0.05) is 0 Å². The second kappa shape index (κ2) is 5.42. The Balaban J connectivity index is 0.000000336. The fraction of sp³-hybridized carbons (Fsp3) is 0.286. The first-order chi connectivity index (χ1) is 6.74. The van der Waals surface area contributed by atoms with E-state index in [9.17, 15) is 17.3 Å². The Morgan fingerprint density at radius 3 is 2.07 bits per heavy atom. The van der Waals surface area contributed by atoms with Crippen LogP contribution in [0.4, 0.5) is 28.8 Å². The topological polar surface area (TPSA) is 55.9 Å². The van der Waals surface area contributed by atoms with Gasteiger partial charge in [0.1, 0.15) is 0 Å². The Morgan fingerprint density at radius 1 is 1.27 bits per heavy atom. The second-order valence-electron chi connectivity index (χ2n) is 2.67. The average molecular weight is 225 g/mol. The lowest BCUT2D eigenvalue weighted by molar-refractivity contribution is -0.679. The average Bonchev–Trinajstić information content (AvgIpc) is 2.01. The zero-order valence-electron chi connectivity index (χ0n) is 8.13. The number of nitrogen functional groups attached to an aromatic ring is 2. The summed E-state index contributed by atoms with van der Waals surface area (Å²) in [6.45, 7) is 2.92. The molecule has 1 heterocycles. The summed E-state index contributed by atoms with van der Waals surface area (Å²) >= 11 is 0. The number of nitrogens with two attached hydrogens (primary N) is 2. The number of anilines is 2. The van der Waals surface area contributed by atoms with Gasteiger partial charge in [-0.05, 0) is 6.92 Å². The Bertz CT molecular complexity index is 310. The van der Waals surface area contributed by atoms with Crippen LogP contribution in [0.2, 0.25) is 0 Å². The summed E-state index contributed by atoms with van der Waals surface area (Å²) in [4.78, 5) is 0. The highest BCUT2D eigenvalue weighted by Gasteiger charge is 2.20. The molecule has 0 atom stereocenters. The van der Waals surface area contributed by atoms with E-state index in [2.05, 4.69) is 0 Å². The van der Waals surface area contributed by atoms with E-state index >= 15 is 0 Å². The largest absolute Gasteiger partial charge is 0.673 e. The molecule has 0 aliphatic rings. The maximum atomic E-state index is 9.75. The van der Waals surface area contributed by atoms with Gasteiger partial charge in [-0.2, -0.15) is 0 Å². The molecule has 0 saturated heterocycles. The molecule has 0 amide bonds. The molecule has 0 saturated carbocycles. The van der Waals surface area contributed by atoms with E-state index in [0.29, 0.717) is 11.5 Å². The van der Waals surface area contributed by atoms with Gasteiger partial charge in [0.25, 0.3) is 5.82 Å². The van der Waals surface area contributed by atoms with Gasteiger partial charge in [-0.25, -0.2) is 4.57 Å². The van der Waals surface area contributed by atoms with Crippen LogP contribution in [-0.4, -0.2) is 7.25 Å². The minimum absolute atomic E-state index is 0.710. The number of nitrogens with zero attached hydrogens (tertiary/aromatic N) is 1. The lowest BCUT2D eigenvalue weighted by Crippen LogP contribution is -2.35. The smallest absolute Gasteiger partial charge is 0.418 e. The van der Waals surface area contributed by atoms with Crippen LogP contribution in [0.15, 0.2) is 18.3 Å². The molecule has 1 aromatic heterocycles. The van der Waals surface area contributed by atoms with E-state index in [0.717, 1.165) is 6.54 Å². The number of halogens is 4. The Morgan fingerprint density at radius 2 is 1.73 bits per heavy atom. The lowest BCUT2D eigenvalue weighted by atomic mass is 10.3. The van der Waals surface area contributed by atoms with Crippen molar-refractivity contribution in [3.63, 3.8) is 0 Å². The van der Waals surface area contributed by atoms with Crippen molar-refractivity contribution >= 4 is 18.8 Å². The number of hydrogen-bond donors (Lipinski definition) is 2. The maximum Gasteiger partial charge on any atom is 0.673 e. The molecule has 0 aromatic carbocycles. The Hall–Kier alpha value is -1.47. The number of rotatable bonds is 1. The van der Waals surface area contributed by atoms with Gasteiger partial charge in [-0.3, -0.25) is 5.73 Å². The molecule has 0 aliphatic carbocycles. The SMILES string of the molecule is CC[n+]1ccc(N)cc1N.F[B-](F)(F)F. The molecule has 4 N–H and O–H groups in total. The predicted molar refractivity (Wildman–Crippen MR) is 51.3 cm³/mol. The molecule has 1 rings (SSSR count). The summed E-state index contributed by atoms with van der Waals surface area (Å²) in [5, 5.41) is 0. The molecule has 1 aromatic rings. The van der Waals surface area contributed by atoms with Crippen molar-refractivity contribution in [3.8, 4) is 0 Å². The first-order valence-corrected chi connectivity index (χ1v) is 4.15. The van der Waals surface area contributed by atoms with E-state index in [1.54, 1.807) is 6.07 Å². The fourth-order valence-electron chi connectivity index (χ4n) is 0.852. The molecular formula is C7H12BF4N3. The fourth-order valence-corrected chi connectivity index (χ4v) is 0.852. The van der Waals surface area contributed by atoms with E-state index < -0.39 is 7.25 Å². The zero-order chi connectivity index (χ0) is 12.1. The molecule has 3 nitrogen and oxygen atoms in total. The quantitative estimate of drug-likeness (QED) is 0.431. The summed E-state index contributed by atoms with van der Waals surface area (Å²) in [5.41, 5.74) is 11.8. The summed E-state index contributed by atoms with van der Waals surface area (Å²) < 4.78 is 40.9. The highest BCUT2D eigenvalue weighted by molar-refractivity contribution is 6.50. The molecule has 0 bridgehead atoms. The van der Waals surface area contributed by atoms with Gasteiger partial charge in [0.05, 0.1) is 18.8 Å². The first-order valence-electron chi connectivity index (χ1n) is 4.15. The molecule has 86 valence electrons. The maximum absolute atomic E-state index is 9.75. The minimum Gasteiger partial charge on any atom is -0.418 e. The number of hydrogen-bond acceptors (Lipinski definition) is 2. The predicted octanol–water partition coefficient (Wildman–Crippen LogP) is 1.46. The van der Waals surface area contributed by atoms with Crippen molar-refractivity contribution in [2.24, 2.45) is 0 Å². The van der Waals surface area contributed by atoms with E-state index in [-0.39, 0.29) is 0 Å². The Kier molecular flexibility index (Phi) is 4.89. The van der Waals surface area contributed by atoms with Crippen LogP contribution in [0.3, 0.4) is 0 Å². The van der Waals surface area contributed by atoms with Crippen molar-refractivity contribution in [1.29, 1.82) is 0 Å². The number of aryl methyl sites for hydroxylation is 1. The first kappa shape index (κ1) is 13.5. The monoisotopic (exact) mass is 225 g/mol. The standard InChI is InChI=1S/C7H11N3.BF4/c1-2-10-4-3-6(8)5-7(10)9;2-1(3,4)5/h3-5H,2H2,1H3,(H3,8,9);/q;-1/p+1. The van der Waals surface area contributed by atoms with Crippen LogP contribution in [0.1, 0.15) is 6.92 Å². The summed E-state index contributed by atoms with van der Waals surface area (Å²) in [6.07, 6.45) is 1.88. The van der Waals surface area contributed by atoms with Crippen molar-refractivity contribution in [2.45, 2.75) is 13.5 Å². The number of pyridine rings is 1. The summed E-state index contributed by atoms with van der Waals surface area (Å²) in [5.74, 6) is 0.711. The Labute approximate surface area is 84.8 Å².